The number of fused-ring (bicyclic) bond motifs is 1. The van der Waals surface area contributed by atoms with Gasteiger partial charge in [0.2, 0.25) is 5.91 Å². The van der Waals surface area contributed by atoms with Crippen molar-refractivity contribution >= 4 is 17.4 Å². The van der Waals surface area contributed by atoms with Crippen molar-refractivity contribution in [3.63, 3.8) is 0 Å². The zero-order chi connectivity index (χ0) is 24.9. The van der Waals surface area contributed by atoms with Crippen LogP contribution in [0.1, 0.15) is 41.0 Å². The van der Waals surface area contributed by atoms with Crippen molar-refractivity contribution in [1.29, 1.82) is 0 Å². The van der Waals surface area contributed by atoms with Crippen LogP contribution in [0.2, 0.25) is 0 Å². The zero-order valence-electron chi connectivity index (χ0n) is 20.3. The van der Waals surface area contributed by atoms with E-state index in [0.29, 0.717) is 11.4 Å². The van der Waals surface area contributed by atoms with Crippen molar-refractivity contribution < 1.29 is 34.4 Å². The number of amides is 1. The van der Waals surface area contributed by atoms with Crippen LogP contribution in [0.15, 0.2) is 36.4 Å². The van der Waals surface area contributed by atoms with E-state index in [-0.39, 0.29) is 30.4 Å². The predicted octanol–water partition coefficient (Wildman–Crippen LogP) is 2.10. The van der Waals surface area contributed by atoms with Crippen molar-refractivity contribution in [1.82, 2.24) is 0 Å². The predicted molar refractivity (Wildman–Crippen MR) is 125 cm³/mol. The molecule has 0 spiro atoms. The summed E-state index contributed by atoms with van der Waals surface area (Å²) < 4.78 is 11.0. The van der Waals surface area contributed by atoms with Gasteiger partial charge >= 0.3 is 0 Å². The van der Waals surface area contributed by atoms with Crippen LogP contribution < -0.4 is 9.64 Å². The van der Waals surface area contributed by atoms with Gasteiger partial charge in [-0.1, -0.05) is 45.1 Å². The smallest absolute Gasteiger partial charge is 0.234 e. The fourth-order valence-electron chi connectivity index (χ4n) is 3.74. The molecule has 1 aromatic carbocycles. The molecule has 0 unspecified atom stereocenters. The van der Waals surface area contributed by atoms with Gasteiger partial charge in [0, 0.05) is 19.6 Å². The first kappa shape index (κ1) is 27.0. The second-order valence-electron chi connectivity index (χ2n) is 9.80. The molecule has 1 aliphatic heterocycles. The van der Waals surface area contributed by atoms with Crippen LogP contribution in [0.4, 0.5) is 5.69 Å². The first-order valence-corrected chi connectivity index (χ1v) is 11.2. The van der Waals surface area contributed by atoms with E-state index >= 15 is 0 Å². The molecule has 8 heteroatoms. The number of hydrogen-bond donors (Lipinski definition) is 3. The Kier molecular flexibility index (Phi) is 9.20. The minimum Gasteiger partial charge on any atom is -0.491 e. The summed E-state index contributed by atoms with van der Waals surface area (Å²) in [6.07, 6.45) is -3.28. The van der Waals surface area contributed by atoms with E-state index in [1.165, 1.54) is 13.2 Å². The van der Waals surface area contributed by atoms with E-state index in [1.807, 2.05) is 46.8 Å². The summed E-state index contributed by atoms with van der Waals surface area (Å²) in [4.78, 5) is 27.9. The fourth-order valence-corrected chi connectivity index (χ4v) is 3.74. The number of carbonyl (C=O) groups is 2. The minimum absolute atomic E-state index is 0.00314. The Bertz CT molecular complexity index is 845. The van der Waals surface area contributed by atoms with Crippen molar-refractivity contribution in [3.05, 3.63) is 36.4 Å². The molecular formula is C25H37NO7. The monoisotopic (exact) mass is 463 g/mol. The lowest BCUT2D eigenvalue weighted by molar-refractivity contribution is -0.149. The zero-order valence-corrected chi connectivity index (χ0v) is 20.3. The number of Topliss-reactive ketones (excluding diaryl/α,β-unsaturated/α-hetero) is 1. The number of para-hydroxylation sites is 2. The number of aliphatic hydroxyl groups is 3. The second-order valence-corrected chi connectivity index (χ2v) is 9.80. The molecule has 3 N–H and O–H groups in total. The first-order valence-electron chi connectivity index (χ1n) is 11.2. The highest BCUT2D eigenvalue weighted by Gasteiger charge is 2.39. The number of methoxy groups -OCH3 is 1. The summed E-state index contributed by atoms with van der Waals surface area (Å²) in [6.45, 7) is 9.52. The standard InChI is InChI=1S/C25H37NO7/c1-15(2)26-17-9-7-8-10-20(17)33-14-16(24(26)31)13-19(28)23(32-6)22(30)21(29)18(27)11-12-25(3,4)5/h7-12,15-16,18,21-23,27,29-30H,13-14H2,1-6H3/b12-11+/t16-,18+,21-,22+,23-/m0/s1. The first-order chi connectivity index (χ1) is 15.4. The van der Waals surface area contributed by atoms with Gasteiger partial charge in [-0.3, -0.25) is 9.59 Å². The van der Waals surface area contributed by atoms with E-state index in [2.05, 4.69) is 0 Å². The molecule has 184 valence electrons. The lowest BCUT2D eigenvalue weighted by Crippen LogP contribution is -2.49. The van der Waals surface area contributed by atoms with Gasteiger partial charge < -0.3 is 29.7 Å². The lowest BCUT2D eigenvalue weighted by atomic mass is 9.91. The molecule has 2 rings (SSSR count). The number of carbonyl (C=O) groups excluding carboxylic acids is 2. The molecule has 1 aromatic rings. The van der Waals surface area contributed by atoms with E-state index in [1.54, 1.807) is 23.1 Å². The quantitative estimate of drug-likeness (QED) is 0.480. The maximum absolute atomic E-state index is 13.3. The summed E-state index contributed by atoms with van der Waals surface area (Å²) in [7, 11) is 1.23. The molecule has 0 fully saturated rings. The van der Waals surface area contributed by atoms with Gasteiger partial charge in [-0.15, -0.1) is 0 Å². The molecule has 0 aliphatic carbocycles. The third-order valence-electron chi connectivity index (χ3n) is 5.49. The number of rotatable bonds is 9. The Hall–Kier alpha value is -2.26. The normalized spacial score (nSPS) is 20.7. The molecule has 33 heavy (non-hydrogen) atoms. The Morgan fingerprint density at radius 2 is 1.85 bits per heavy atom. The number of ether oxygens (including phenoxy) is 2. The van der Waals surface area contributed by atoms with E-state index < -0.39 is 36.1 Å². The molecule has 0 bridgehead atoms. The van der Waals surface area contributed by atoms with Crippen LogP contribution in [0, 0.1) is 11.3 Å². The summed E-state index contributed by atoms with van der Waals surface area (Å²) >= 11 is 0. The van der Waals surface area contributed by atoms with E-state index in [9.17, 15) is 24.9 Å². The molecule has 8 nitrogen and oxygen atoms in total. The Morgan fingerprint density at radius 3 is 2.42 bits per heavy atom. The SMILES string of the molecule is CO[C@@H](C(=O)C[C@H]1COc2ccccc2N(C(C)C)C1=O)[C@H](O)[C@@H](O)[C@H](O)/C=C/C(C)(C)C. The lowest BCUT2D eigenvalue weighted by Gasteiger charge is -2.30. The maximum Gasteiger partial charge on any atom is 0.234 e. The van der Waals surface area contributed by atoms with Gasteiger partial charge in [0.15, 0.2) is 5.78 Å². The summed E-state index contributed by atoms with van der Waals surface area (Å²) in [5, 5.41) is 31.2. The topological polar surface area (TPSA) is 117 Å². The van der Waals surface area contributed by atoms with Crippen LogP contribution in [0.3, 0.4) is 0 Å². The van der Waals surface area contributed by atoms with Crippen LogP contribution in [-0.4, -0.2) is 71.2 Å². The van der Waals surface area contributed by atoms with Gasteiger partial charge in [0.1, 0.15) is 36.8 Å². The second kappa shape index (κ2) is 11.2. The third-order valence-corrected chi connectivity index (χ3v) is 5.49. The number of anilines is 1. The van der Waals surface area contributed by atoms with Gasteiger partial charge in [-0.25, -0.2) is 0 Å². The van der Waals surface area contributed by atoms with Crippen LogP contribution in [0.25, 0.3) is 0 Å². The number of aliphatic hydroxyl groups excluding tert-OH is 3. The molecule has 0 saturated heterocycles. The highest BCUT2D eigenvalue weighted by atomic mass is 16.5. The fraction of sp³-hybridized carbons (Fsp3) is 0.600. The molecular weight excluding hydrogens is 426 g/mol. The van der Waals surface area contributed by atoms with E-state index in [4.69, 9.17) is 9.47 Å². The number of nitrogens with zero attached hydrogens (tertiary/aromatic N) is 1. The van der Waals surface area contributed by atoms with Gasteiger partial charge in [0.05, 0.1) is 11.6 Å². The highest BCUT2D eigenvalue weighted by Crippen LogP contribution is 2.34. The number of hydrogen-bond acceptors (Lipinski definition) is 7. The van der Waals surface area contributed by atoms with Crippen molar-refractivity contribution in [2.75, 3.05) is 18.6 Å². The van der Waals surface area contributed by atoms with E-state index in [0.717, 1.165) is 0 Å². The minimum atomic E-state index is -1.68. The van der Waals surface area contributed by atoms with Crippen molar-refractivity contribution in [2.45, 2.75) is 71.5 Å². The van der Waals surface area contributed by atoms with Crippen LogP contribution in [-0.2, 0) is 14.3 Å². The third kappa shape index (κ3) is 6.86. The largest absolute Gasteiger partial charge is 0.491 e. The summed E-state index contributed by atoms with van der Waals surface area (Å²) in [6, 6.07) is 7.03. The molecule has 5 atom stereocenters. The van der Waals surface area contributed by atoms with Crippen LogP contribution in [0.5, 0.6) is 5.75 Å². The summed E-state index contributed by atoms with van der Waals surface area (Å²) in [5.74, 6) is -1.06. The van der Waals surface area contributed by atoms with Crippen molar-refractivity contribution in [2.24, 2.45) is 11.3 Å². The molecule has 0 radical (unpaired) electrons. The summed E-state index contributed by atoms with van der Waals surface area (Å²) in [5.41, 5.74) is 0.405. The number of ketones is 1. The molecule has 1 aliphatic rings. The average Bonchev–Trinajstić information content (AvgIpc) is 2.88. The molecule has 0 aromatic heterocycles. The van der Waals surface area contributed by atoms with Crippen molar-refractivity contribution in [3.8, 4) is 5.75 Å². The Labute approximate surface area is 195 Å². The van der Waals surface area contributed by atoms with Gasteiger partial charge in [-0.05, 0) is 31.4 Å². The Balaban J connectivity index is 2.16. The average molecular weight is 464 g/mol. The van der Waals surface area contributed by atoms with Crippen LogP contribution >= 0.6 is 0 Å². The molecule has 0 saturated carbocycles. The van der Waals surface area contributed by atoms with Gasteiger partial charge in [-0.2, -0.15) is 0 Å². The number of allylic oxidation sites excluding steroid dienone is 1. The maximum atomic E-state index is 13.3. The number of benzene rings is 1. The van der Waals surface area contributed by atoms with Gasteiger partial charge in [0.25, 0.3) is 0 Å². The molecule has 1 heterocycles. The Morgan fingerprint density at radius 1 is 1.21 bits per heavy atom. The molecule has 1 amide bonds. The highest BCUT2D eigenvalue weighted by molar-refractivity contribution is 6.00.